The fourth-order valence-electron chi connectivity index (χ4n) is 5.24. The third kappa shape index (κ3) is 4.85. The summed E-state index contributed by atoms with van der Waals surface area (Å²) in [5, 5.41) is 0. The zero-order valence-electron chi connectivity index (χ0n) is 16.5. The second kappa shape index (κ2) is 8.25. The molecule has 2 aliphatic carbocycles. The van der Waals surface area contributed by atoms with Crippen molar-refractivity contribution in [1.82, 2.24) is 0 Å². The molecule has 2 unspecified atom stereocenters. The van der Waals surface area contributed by atoms with E-state index in [-0.39, 0.29) is 5.75 Å². The quantitative estimate of drug-likeness (QED) is 0.477. The van der Waals surface area contributed by atoms with Crippen molar-refractivity contribution in [2.24, 2.45) is 17.8 Å². The maximum absolute atomic E-state index is 12.3. The van der Waals surface area contributed by atoms with Gasteiger partial charge in [-0.25, -0.2) is 0 Å². The van der Waals surface area contributed by atoms with Gasteiger partial charge in [0.25, 0.3) is 0 Å². The third-order valence-electron chi connectivity index (χ3n) is 6.79. The summed E-state index contributed by atoms with van der Waals surface area (Å²) in [4.78, 5) is 0. The second-order valence-corrected chi connectivity index (χ2v) is 8.53. The highest BCUT2D eigenvalue weighted by molar-refractivity contribution is 5.64. The molecule has 4 heteroatoms. The Labute approximate surface area is 170 Å². The first kappa shape index (κ1) is 20.1. The molecule has 0 aromatic heterocycles. The van der Waals surface area contributed by atoms with Crippen molar-refractivity contribution in [3.63, 3.8) is 0 Å². The van der Waals surface area contributed by atoms with Crippen LogP contribution >= 0.6 is 0 Å². The Balaban J connectivity index is 1.40. The first-order chi connectivity index (χ1) is 13.9. The number of hydrogen-bond donors (Lipinski definition) is 0. The van der Waals surface area contributed by atoms with E-state index in [1.807, 2.05) is 0 Å². The highest BCUT2D eigenvalue weighted by Crippen LogP contribution is 2.47. The molecule has 0 radical (unpaired) electrons. The van der Waals surface area contributed by atoms with Gasteiger partial charge >= 0.3 is 6.36 Å². The smallest absolute Gasteiger partial charge is 0.406 e. The second-order valence-electron chi connectivity index (χ2n) is 8.53. The molecule has 0 saturated heterocycles. The fraction of sp³-hybridized carbons (Fsp3) is 0.440. The normalized spacial score (nSPS) is 27.1. The number of hydrogen-bond acceptors (Lipinski definition) is 1. The lowest BCUT2D eigenvalue weighted by Gasteiger charge is -2.41. The van der Waals surface area contributed by atoms with Crippen molar-refractivity contribution < 1.29 is 17.9 Å². The Morgan fingerprint density at radius 3 is 2.00 bits per heavy atom. The molecule has 0 amide bonds. The number of benzene rings is 2. The van der Waals surface area contributed by atoms with Crippen molar-refractivity contribution in [3.05, 3.63) is 66.7 Å². The molecule has 2 aliphatic rings. The number of ether oxygens (including phenoxy) is 1. The average molecular weight is 400 g/mol. The largest absolute Gasteiger partial charge is 0.573 e. The summed E-state index contributed by atoms with van der Waals surface area (Å²) in [6.45, 7) is 3.98. The molecule has 0 bridgehead atoms. The summed E-state index contributed by atoms with van der Waals surface area (Å²) in [7, 11) is 0. The number of fused-ring (bicyclic) bond motifs is 1. The standard InChI is InChI=1S/C25H27F3O/c1-2-17-3-4-23-16-22(10-9-21(23)15-17)20-7-5-18(6-8-20)19-11-13-24(14-12-19)29-25(26,27)28/h2,5-8,11-14,17,21-23H,1,3-4,9-10,15-16H2/t17-,21?,22?,23-/m1/s1. The number of allylic oxidation sites excluding steroid dienone is 1. The van der Waals surface area contributed by atoms with Crippen LogP contribution in [-0.4, -0.2) is 6.36 Å². The maximum Gasteiger partial charge on any atom is 0.573 e. The molecule has 2 aromatic carbocycles. The van der Waals surface area contributed by atoms with Crippen molar-refractivity contribution in [3.8, 4) is 16.9 Å². The number of halogens is 3. The number of alkyl halides is 3. The Kier molecular flexibility index (Phi) is 5.71. The minimum absolute atomic E-state index is 0.194. The van der Waals surface area contributed by atoms with Crippen molar-refractivity contribution >= 4 is 0 Å². The zero-order valence-corrected chi connectivity index (χ0v) is 16.5. The highest BCUT2D eigenvalue weighted by atomic mass is 19.4. The van der Waals surface area contributed by atoms with Crippen LogP contribution in [0.25, 0.3) is 11.1 Å². The summed E-state index contributed by atoms with van der Waals surface area (Å²) < 4.78 is 40.8. The van der Waals surface area contributed by atoms with Gasteiger partial charge in [0, 0.05) is 0 Å². The Hall–Kier alpha value is -2.23. The molecule has 0 aliphatic heterocycles. The lowest BCUT2D eigenvalue weighted by molar-refractivity contribution is -0.274. The predicted octanol–water partition coefficient (Wildman–Crippen LogP) is 7.74. The van der Waals surface area contributed by atoms with Crippen molar-refractivity contribution in [1.29, 1.82) is 0 Å². The van der Waals surface area contributed by atoms with E-state index in [2.05, 4.69) is 41.7 Å². The van der Waals surface area contributed by atoms with Crippen LogP contribution in [0.1, 0.15) is 50.0 Å². The van der Waals surface area contributed by atoms with Crippen LogP contribution < -0.4 is 4.74 Å². The molecule has 0 N–H and O–H groups in total. The summed E-state index contributed by atoms with van der Waals surface area (Å²) in [6, 6.07) is 14.6. The molecule has 0 heterocycles. The van der Waals surface area contributed by atoms with Gasteiger partial charge in [0.05, 0.1) is 0 Å². The van der Waals surface area contributed by atoms with Gasteiger partial charge < -0.3 is 4.74 Å². The van der Waals surface area contributed by atoms with Crippen LogP contribution in [0.4, 0.5) is 13.2 Å². The molecular weight excluding hydrogens is 373 g/mol. The lowest BCUT2D eigenvalue weighted by Crippen LogP contribution is -2.29. The SMILES string of the molecule is C=C[C@@H]1CC[C@@H]2CC(c3ccc(-c4ccc(OC(F)(F)F)cc4)cc3)CCC2C1. The molecule has 4 rings (SSSR count). The van der Waals surface area contributed by atoms with E-state index in [1.54, 1.807) is 12.1 Å². The fourth-order valence-corrected chi connectivity index (χ4v) is 5.24. The molecule has 29 heavy (non-hydrogen) atoms. The van der Waals surface area contributed by atoms with Gasteiger partial charge in [-0.15, -0.1) is 19.8 Å². The summed E-state index contributed by atoms with van der Waals surface area (Å²) in [5.74, 6) is 2.83. The van der Waals surface area contributed by atoms with E-state index in [1.165, 1.54) is 56.2 Å². The van der Waals surface area contributed by atoms with Gasteiger partial charge in [-0.1, -0.05) is 42.5 Å². The van der Waals surface area contributed by atoms with E-state index in [0.717, 1.165) is 23.0 Å². The molecule has 0 spiro atoms. The third-order valence-corrected chi connectivity index (χ3v) is 6.79. The first-order valence-corrected chi connectivity index (χ1v) is 10.5. The zero-order chi connectivity index (χ0) is 20.4. The molecule has 154 valence electrons. The van der Waals surface area contributed by atoms with Gasteiger partial charge in [-0.3, -0.25) is 0 Å². The van der Waals surface area contributed by atoms with E-state index in [4.69, 9.17) is 0 Å². The summed E-state index contributed by atoms with van der Waals surface area (Å²) in [5.41, 5.74) is 3.28. The summed E-state index contributed by atoms with van der Waals surface area (Å²) in [6.07, 6.45) is 5.23. The first-order valence-electron chi connectivity index (χ1n) is 10.5. The van der Waals surface area contributed by atoms with Crippen molar-refractivity contribution in [2.45, 2.75) is 50.8 Å². The Morgan fingerprint density at radius 2 is 1.38 bits per heavy atom. The average Bonchev–Trinajstić information content (AvgIpc) is 2.72. The van der Waals surface area contributed by atoms with Gasteiger partial charge in [0.1, 0.15) is 5.75 Å². The van der Waals surface area contributed by atoms with Crippen LogP contribution in [0.3, 0.4) is 0 Å². The lowest BCUT2D eigenvalue weighted by atomic mass is 9.64. The van der Waals surface area contributed by atoms with Crippen LogP contribution in [0, 0.1) is 17.8 Å². The molecule has 2 fully saturated rings. The maximum atomic E-state index is 12.3. The van der Waals surface area contributed by atoms with Crippen molar-refractivity contribution in [2.75, 3.05) is 0 Å². The van der Waals surface area contributed by atoms with Gasteiger partial charge in [-0.05, 0) is 91.0 Å². The van der Waals surface area contributed by atoms with Gasteiger partial charge in [0.2, 0.25) is 0 Å². The van der Waals surface area contributed by atoms with E-state index in [0.29, 0.717) is 11.8 Å². The van der Waals surface area contributed by atoms with Gasteiger partial charge in [0.15, 0.2) is 0 Å². The minimum Gasteiger partial charge on any atom is -0.406 e. The molecule has 2 saturated carbocycles. The topological polar surface area (TPSA) is 9.23 Å². The minimum atomic E-state index is -4.66. The summed E-state index contributed by atoms with van der Waals surface area (Å²) >= 11 is 0. The predicted molar refractivity (Wildman–Crippen MR) is 110 cm³/mol. The Morgan fingerprint density at radius 1 is 0.793 bits per heavy atom. The monoisotopic (exact) mass is 400 g/mol. The Bertz CT molecular complexity index is 823. The van der Waals surface area contributed by atoms with E-state index in [9.17, 15) is 13.2 Å². The highest BCUT2D eigenvalue weighted by Gasteiger charge is 2.35. The van der Waals surface area contributed by atoms with E-state index >= 15 is 0 Å². The van der Waals surface area contributed by atoms with Crippen LogP contribution in [-0.2, 0) is 0 Å². The molecule has 4 atom stereocenters. The molecule has 2 aromatic rings. The van der Waals surface area contributed by atoms with Crippen LogP contribution in [0.2, 0.25) is 0 Å². The van der Waals surface area contributed by atoms with Crippen LogP contribution in [0.15, 0.2) is 61.2 Å². The molecule has 1 nitrogen and oxygen atoms in total. The van der Waals surface area contributed by atoms with Gasteiger partial charge in [-0.2, -0.15) is 0 Å². The number of rotatable bonds is 4. The molecular formula is C25H27F3O. The van der Waals surface area contributed by atoms with E-state index < -0.39 is 6.36 Å². The van der Waals surface area contributed by atoms with Crippen LogP contribution in [0.5, 0.6) is 5.75 Å².